The monoisotopic (exact) mass is 261 g/mol. The number of benzene rings is 1. The zero-order valence-corrected chi connectivity index (χ0v) is 10.1. The molecule has 0 unspecified atom stereocenters. The third-order valence-corrected chi connectivity index (χ3v) is 3.34. The summed E-state index contributed by atoms with van der Waals surface area (Å²) >= 11 is 0. The molecule has 98 valence electrons. The molecule has 3 rings (SSSR count). The van der Waals surface area contributed by atoms with Gasteiger partial charge in [0.15, 0.2) is 0 Å². The first-order valence-corrected chi connectivity index (χ1v) is 6.11. The molecular weight excluding hydrogens is 249 g/mol. The number of rotatable bonds is 1. The molecule has 0 bridgehead atoms. The third kappa shape index (κ3) is 1.99. The molecule has 19 heavy (non-hydrogen) atoms. The van der Waals surface area contributed by atoms with Crippen molar-refractivity contribution in [3.05, 3.63) is 29.6 Å². The fourth-order valence-electron chi connectivity index (χ4n) is 2.40. The molecule has 1 N–H and O–H groups in total. The Balaban J connectivity index is 1.90. The van der Waals surface area contributed by atoms with Crippen molar-refractivity contribution in [1.82, 2.24) is 5.43 Å². The number of halogens is 1. The van der Waals surface area contributed by atoms with Crippen LogP contribution in [0.15, 0.2) is 23.3 Å². The van der Waals surface area contributed by atoms with Crippen LogP contribution < -0.4 is 10.3 Å². The summed E-state index contributed by atoms with van der Waals surface area (Å²) in [5.74, 6) is -0.933. The molecule has 2 heterocycles. The Bertz CT molecular complexity index is 598. The van der Waals surface area contributed by atoms with Crippen molar-refractivity contribution in [2.45, 2.75) is 19.3 Å². The number of amides is 2. The highest BCUT2D eigenvalue weighted by molar-refractivity contribution is 6.44. The molecule has 2 amide bonds. The van der Waals surface area contributed by atoms with Gasteiger partial charge in [-0.1, -0.05) is 12.1 Å². The number of carbonyl (C=O) groups excluding carboxylic acids is 2. The molecule has 1 aromatic rings. The average Bonchev–Trinajstić information content (AvgIpc) is 2.84. The smallest absolute Gasteiger partial charge is 0.274 e. The summed E-state index contributed by atoms with van der Waals surface area (Å²) < 4.78 is 13.8. The molecule has 2 aliphatic heterocycles. The van der Waals surface area contributed by atoms with Gasteiger partial charge in [0.1, 0.15) is 11.5 Å². The molecule has 0 spiro atoms. The standard InChI is InChI=1S/C13H12FN3O2/c14-9-3-1-2-8-6-7-17(12(8)9)13(19)10-4-5-11(18)16-15-10/h1-3H,4-7H2,(H,16,18). The number of nitrogens with one attached hydrogen (secondary N) is 1. The van der Waals surface area contributed by atoms with Gasteiger partial charge in [0.2, 0.25) is 5.91 Å². The minimum absolute atomic E-state index is 0.204. The average molecular weight is 261 g/mol. The van der Waals surface area contributed by atoms with Gasteiger partial charge < -0.3 is 4.90 Å². The van der Waals surface area contributed by atoms with Crippen molar-refractivity contribution in [3.8, 4) is 0 Å². The lowest BCUT2D eigenvalue weighted by Crippen LogP contribution is -2.39. The van der Waals surface area contributed by atoms with E-state index in [1.165, 1.54) is 11.0 Å². The molecule has 0 aliphatic carbocycles. The lowest BCUT2D eigenvalue weighted by molar-refractivity contribution is -0.121. The minimum Gasteiger partial charge on any atom is -0.304 e. The van der Waals surface area contributed by atoms with E-state index in [4.69, 9.17) is 0 Å². The van der Waals surface area contributed by atoms with E-state index in [2.05, 4.69) is 10.5 Å². The van der Waals surface area contributed by atoms with Crippen LogP contribution in [0.4, 0.5) is 10.1 Å². The third-order valence-electron chi connectivity index (χ3n) is 3.34. The van der Waals surface area contributed by atoms with Gasteiger partial charge in [-0.05, 0) is 18.1 Å². The summed E-state index contributed by atoms with van der Waals surface area (Å²) in [5.41, 5.74) is 3.72. The molecule has 0 fully saturated rings. The van der Waals surface area contributed by atoms with Gasteiger partial charge in [0.05, 0.1) is 5.69 Å². The highest BCUT2D eigenvalue weighted by atomic mass is 19.1. The largest absolute Gasteiger partial charge is 0.304 e. The van der Waals surface area contributed by atoms with E-state index in [0.29, 0.717) is 25.1 Å². The maximum absolute atomic E-state index is 13.8. The van der Waals surface area contributed by atoms with Crippen LogP contribution in [0.5, 0.6) is 0 Å². The summed E-state index contributed by atoms with van der Waals surface area (Å²) in [6.07, 6.45) is 1.17. The van der Waals surface area contributed by atoms with E-state index >= 15 is 0 Å². The first-order valence-electron chi connectivity index (χ1n) is 6.11. The molecule has 0 aromatic heterocycles. The van der Waals surface area contributed by atoms with E-state index < -0.39 is 5.82 Å². The Hall–Kier alpha value is -2.24. The van der Waals surface area contributed by atoms with Crippen LogP contribution in [0, 0.1) is 5.82 Å². The van der Waals surface area contributed by atoms with E-state index in [9.17, 15) is 14.0 Å². The van der Waals surface area contributed by atoms with Crippen LogP contribution >= 0.6 is 0 Å². The number of hydrazone groups is 1. The second kappa shape index (κ2) is 4.46. The van der Waals surface area contributed by atoms with Crippen LogP contribution in [0.3, 0.4) is 0 Å². The molecule has 1 aromatic carbocycles. The van der Waals surface area contributed by atoms with Gasteiger partial charge in [0.25, 0.3) is 5.91 Å². The molecule has 0 atom stereocenters. The number of carbonyl (C=O) groups is 2. The Kier molecular flexibility index (Phi) is 2.77. The number of nitrogens with zero attached hydrogens (tertiary/aromatic N) is 2. The van der Waals surface area contributed by atoms with Crippen molar-refractivity contribution in [1.29, 1.82) is 0 Å². The Labute approximate surface area is 109 Å². The molecule has 2 aliphatic rings. The van der Waals surface area contributed by atoms with Crippen LogP contribution in [0.25, 0.3) is 0 Å². The van der Waals surface area contributed by atoms with Crippen molar-refractivity contribution in [3.63, 3.8) is 0 Å². The Morgan fingerprint density at radius 2 is 2.16 bits per heavy atom. The normalized spacial score (nSPS) is 17.8. The second-order valence-electron chi connectivity index (χ2n) is 4.55. The number of hydrogen-bond donors (Lipinski definition) is 1. The highest BCUT2D eigenvalue weighted by Gasteiger charge is 2.31. The van der Waals surface area contributed by atoms with Gasteiger partial charge in [-0.2, -0.15) is 5.10 Å². The van der Waals surface area contributed by atoms with Crippen LogP contribution in [-0.2, 0) is 16.0 Å². The van der Waals surface area contributed by atoms with Gasteiger partial charge >= 0.3 is 0 Å². The van der Waals surface area contributed by atoms with Crippen LogP contribution in [0.1, 0.15) is 18.4 Å². The van der Waals surface area contributed by atoms with Gasteiger partial charge in [-0.25, -0.2) is 9.82 Å². The SMILES string of the molecule is O=C1CCC(C(=O)N2CCc3cccc(F)c32)=NN1. The van der Waals surface area contributed by atoms with Crippen molar-refractivity contribution in [2.75, 3.05) is 11.4 Å². The maximum Gasteiger partial charge on any atom is 0.274 e. The van der Waals surface area contributed by atoms with E-state index in [0.717, 1.165) is 5.56 Å². The molecule has 0 saturated heterocycles. The molecule has 5 nitrogen and oxygen atoms in total. The summed E-state index contributed by atoms with van der Waals surface area (Å²) in [6.45, 7) is 0.446. The van der Waals surface area contributed by atoms with E-state index in [1.54, 1.807) is 6.07 Å². The Morgan fingerprint density at radius 1 is 1.32 bits per heavy atom. The number of fused-ring (bicyclic) bond motifs is 1. The lowest BCUT2D eigenvalue weighted by Gasteiger charge is -2.20. The summed E-state index contributed by atoms with van der Waals surface area (Å²) in [6, 6.07) is 4.80. The number of para-hydroxylation sites is 1. The molecule has 0 radical (unpaired) electrons. The predicted octanol–water partition coefficient (Wildman–Crippen LogP) is 0.981. The zero-order chi connectivity index (χ0) is 13.4. The summed E-state index contributed by atoms with van der Waals surface area (Å²) in [5, 5.41) is 3.76. The zero-order valence-electron chi connectivity index (χ0n) is 10.1. The minimum atomic E-state index is -0.399. The first-order chi connectivity index (χ1) is 9.16. The predicted molar refractivity (Wildman–Crippen MR) is 67.3 cm³/mol. The lowest BCUT2D eigenvalue weighted by atomic mass is 10.1. The fourth-order valence-corrected chi connectivity index (χ4v) is 2.40. The molecule has 0 saturated carbocycles. The topological polar surface area (TPSA) is 61.8 Å². The van der Waals surface area contributed by atoms with Gasteiger partial charge in [-0.3, -0.25) is 9.59 Å². The number of anilines is 1. The molecule has 6 heteroatoms. The quantitative estimate of drug-likeness (QED) is 0.819. The highest BCUT2D eigenvalue weighted by Crippen LogP contribution is 2.31. The second-order valence-corrected chi connectivity index (χ2v) is 4.55. The van der Waals surface area contributed by atoms with Crippen molar-refractivity contribution in [2.24, 2.45) is 5.10 Å². The van der Waals surface area contributed by atoms with Crippen LogP contribution in [-0.4, -0.2) is 24.1 Å². The van der Waals surface area contributed by atoms with E-state index in [-0.39, 0.29) is 23.9 Å². The van der Waals surface area contributed by atoms with Gasteiger partial charge in [-0.15, -0.1) is 0 Å². The summed E-state index contributed by atoms with van der Waals surface area (Å²) in [7, 11) is 0. The van der Waals surface area contributed by atoms with Crippen molar-refractivity contribution < 1.29 is 14.0 Å². The van der Waals surface area contributed by atoms with E-state index in [1.807, 2.05) is 6.07 Å². The van der Waals surface area contributed by atoms with Crippen LogP contribution in [0.2, 0.25) is 0 Å². The van der Waals surface area contributed by atoms with Gasteiger partial charge in [0, 0.05) is 19.4 Å². The van der Waals surface area contributed by atoms with Crippen molar-refractivity contribution >= 4 is 23.2 Å². The first kappa shape index (κ1) is 11.8. The Morgan fingerprint density at radius 3 is 2.89 bits per heavy atom. The molecular formula is C13H12FN3O2. The maximum atomic E-state index is 13.8. The number of hydrogen-bond acceptors (Lipinski definition) is 3. The fraction of sp³-hybridized carbons (Fsp3) is 0.308. The summed E-state index contributed by atoms with van der Waals surface area (Å²) in [4.78, 5) is 24.7.